The second kappa shape index (κ2) is 7.03. The topological polar surface area (TPSA) is 118 Å². The number of nitrogens with zero attached hydrogens (tertiary/aromatic N) is 2. The van der Waals surface area contributed by atoms with Crippen molar-refractivity contribution in [3.63, 3.8) is 0 Å². The first kappa shape index (κ1) is 19.0. The van der Waals surface area contributed by atoms with Crippen molar-refractivity contribution in [2.45, 2.75) is 31.5 Å². The molecule has 0 amide bonds. The van der Waals surface area contributed by atoms with E-state index in [0.717, 1.165) is 5.39 Å². The average molecular weight is 408 g/mol. The molecule has 30 heavy (non-hydrogen) atoms. The van der Waals surface area contributed by atoms with Gasteiger partial charge in [-0.05, 0) is 30.7 Å². The Morgan fingerprint density at radius 3 is 2.57 bits per heavy atom. The molecule has 1 aliphatic rings. The van der Waals surface area contributed by atoms with E-state index in [9.17, 15) is 20.1 Å². The number of aliphatic hydroxyl groups excluding tert-OH is 3. The Hall–Kier alpha value is -3.04. The zero-order valence-corrected chi connectivity index (χ0v) is 16.1. The van der Waals surface area contributed by atoms with Gasteiger partial charge in [0.25, 0.3) is 0 Å². The van der Waals surface area contributed by atoms with E-state index in [-0.39, 0.29) is 11.4 Å². The van der Waals surface area contributed by atoms with E-state index in [4.69, 9.17) is 9.15 Å². The molecule has 1 fully saturated rings. The van der Waals surface area contributed by atoms with Gasteiger partial charge in [0.15, 0.2) is 12.1 Å². The van der Waals surface area contributed by atoms with Crippen LogP contribution in [0.15, 0.2) is 57.7 Å². The molecule has 0 unspecified atom stereocenters. The molecule has 4 aromatic rings. The Labute approximate surface area is 170 Å². The molecule has 0 spiro atoms. The first-order valence-corrected chi connectivity index (χ1v) is 9.63. The Kier molecular flexibility index (Phi) is 4.44. The Morgan fingerprint density at radius 1 is 1.07 bits per heavy atom. The summed E-state index contributed by atoms with van der Waals surface area (Å²) in [6, 6.07) is 14.4. The number of aromatic nitrogens is 2. The number of imidazole rings is 1. The molecule has 8 heteroatoms. The SMILES string of the molecule is Cc1c(-c2nc3ccccc3n2[C@@H]2O[C@H](CO)[C@@H](O)[C@H]2O)c(=O)oc2ccccc12. The molecule has 1 saturated heterocycles. The summed E-state index contributed by atoms with van der Waals surface area (Å²) >= 11 is 0. The van der Waals surface area contributed by atoms with Gasteiger partial charge in [0.1, 0.15) is 29.5 Å². The van der Waals surface area contributed by atoms with Gasteiger partial charge >= 0.3 is 5.63 Å². The molecule has 154 valence electrons. The number of rotatable bonds is 3. The number of benzene rings is 2. The molecule has 3 N–H and O–H groups in total. The number of hydrogen-bond donors (Lipinski definition) is 3. The molecular weight excluding hydrogens is 388 g/mol. The lowest BCUT2D eigenvalue weighted by Crippen LogP contribution is -2.33. The Bertz CT molecular complexity index is 1310. The average Bonchev–Trinajstić information content (AvgIpc) is 3.25. The quantitative estimate of drug-likeness (QED) is 0.442. The summed E-state index contributed by atoms with van der Waals surface area (Å²) in [5.41, 5.74) is 2.06. The van der Waals surface area contributed by atoms with Gasteiger partial charge in [-0.3, -0.25) is 4.57 Å². The van der Waals surface area contributed by atoms with Crippen LogP contribution in [0.1, 0.15) is 11.8 Å². The van der Waals surface area contributed by atoms with Gasteiger partial charge in [-0.25, -0.2) is 9.78 Å². The van der Waals surface area contributed by atoms with Gasteiger partial charge in [-0.15, -0.1) is 0 Å². The number of fused-ring (bicyclic) bond motifs is 2. The predicted molar refractivity (Wildman–Crippen MR) is 109 cm³/mol. The summed E-state index contributed by atoms with van der Waals surface area (Å²) < 4.78 is 12.9. The van der Waals surface area contributed by atoms with Crippen molar-refractivity contribution in [1.82, 2.24) is 9.55 Å². The molecule has 0 saturated carbocycles. The fourth-order valence-electron chi connectivity index (χ4n) is 4.13. The predicted octanol–water partition coefficient (Wildman–Crippen LogP) is 1.73. The van der Waals surface area contributed by atoms with Crippen LogP contribution in [-0.4, -0.2) is 49.8 Å². The molecule has 3 heterocycles. The summed E-state index contributed by atoms with van der Waals surface area (Å²) in [7, 11) is 0. The van der Waals surface area contributed by atoms with Gasteiger partial charge in [0.2, 0.25) is 0 Å². The lowest BCUT2D eigenvalue weighted by Gasteiger charge is -2.20. The maximum absolute atomic E-state index is 13.0. The Morgan fingerprint density at radius 2 is 1.80 bits per heavy atom. The normalized spacial score (nSPS) is 24.1. The van der Waals surface area contributed by atoms with Crippen LogP contribution in [0, 0.1) is 6.92 Å². The van der Waals surface area contributed by atoms with Crippen molar-refractivity contribution in [2.75, 3.05) is 6.61 Å². The minimum absolute atomic E-state index is 0.252. The third-order valence-corrected chi connectivity index (χ3v) is 5.66. The highest BCUT2D eigenvalue weighted by molar-refractivity contribution is 5.88. The van der Waals surface area contributed by atoms with E-state index in [1.54, 1.807) is 34.9 Å². The van der Waals surface area contributed by atoms with Gasteiger partial charge in [-0.1, -0.05) is 30.3 Å². The van der Waals surface area contributed by atoms with E-state index in [1.165, 1.54) is 0 Å². The third kappa shape index (κ3) is 2.69. The standard InChI is InChI=1S/C22H20N2O6/c1-11-12-6-2-5-9-15(12)30-22(28)17(11)20-23-13-7-3-4-8-14(13)24(20)21-19(27)18(26)16(10-25)29-21/h2-9,16,18-19,21,25-27H,10H2,1H3/t16-,18-,19-,21-/m1/s1. The van der Waals surface area contributed by atoms with Crippen molar-refractivity contribution in [2.24, 2.45) is 0 Å². The number of aryl methyl sites for hydroxylation is 1. The largest absolute Gasteiger partial charge is 0.422 e. The van der Waals surface area contributed by atoms with Gasteiger partial charge in [-0.2, -0.15) is 0 Å². The van der Waals surface area contributed by atoms with Crippen molar-refractivity contribution in [3.05, 3.63) is 64.5 Å². The lowest BCUT2D eigenvalue weighted by atomic mass is 10.1. The summed E-state index contributed by atoms with van der Waals surface area (Å²) in [6.07, 6.45) is -4.58. The van der Waals surface area contributed by atoms with Crippen molar-refractivity contribution in [1.29, 1.82) is 0 Å². The van der Waals surface area contributed by atoms with E-state index in [0.29, 0.717) is 22.2 Å². The molecule has 4 atom stereocenters. The third-order valence-electron chi connectivity index (χ3n) is 5.66. The monoisotopic (exact) mass is 408 g/mol. The van der Waals surface area contributed by atoms with Crippen LogP contribution >= 0.6 is 0 Å². The van der Waals surface area contributed by atoms with Crippen LogP contribution in [0.25, 0.3) is 33.4 Å². The van der Waals surface area contributed by atoms with Crippen molar-refractivity contribution < 1.29 is 24.5 Å². The highest BCUT2D eigenvalue weighted by atomic mass is 16.6. The van der Waals surface area contributed by atoms with E-state index >= 15 is 0 Å². The number of ether oxygens (including phenoxy) is 1. The molecule has 0 radical (unpaired) electrons. The van der Waals surface area contributed by atoms with Crippen LogP contribution in [0.4, 0.5) is 0 Å². The molecule has 0 aliphatic carbocycles. The van der Waals surface area contributed by atoms with Crippen LogP contribution in [0.5, 0.6) is 0 Å². The molecule has 8 nitrogen and oxygen atoms in total. The minimum Gasteiger partial charge on any atom is -0.422 e. The number of para-hydroxylation sites is 3. The van der Waals surface area contributed by atoms with Crippen molar-refractivity contribution >= 4 is 22.0 Å². The van der Waals surface area contributed by atoms with Crippen molar-refractivity contribution in [3.8, 4) is 11.4 Å². The van der Waals surface area contributed by atoms with Crippen LogP contribution in [0.3, 0.4) is 0 Å². The molecule has 0 bridgehead atoms. The fourth-order valence-corrected chi connectivity index (χ4v) is 4.13. The summed E-state index contributed by atoms with van der Waals surface area (Å²) in [6.45, 7) is 1.36. The molecular formula is C22H20N2O6. The molecule has 5 rings (SSSR count). The first-order chi connectivity index (χ1) is 14.5. The smallest absolute Gasteiger partial charge is 0.347 e. The zero-order chi connectivity index (χ0) is 21.0. The Balaban J connectivity index is 1.81. The maximum Gasteiger partial charge on any atom is 0.347 e. The van der Waals surface area contributed by atoms with Crippen LogP contribution < -0.4 is 5.63 Å². The minimum atomic E-state index is -1.31. The summed E-state index contributed by atoms with van der Waals surface area (Å²) in [5, 5.41) is 31.2. The van der Waals surface area contributed by atoms with E-state index in [2.05, 4.69) is 4.98 Å². The second-order valence-corrected chi connectivity index (χ2v) is 7.41. The maximum atomic E-state index is 13.0. The molecule has 1 aliphatic heterocycles. The summed E-state index contributed by atoms with van der Waals surface area (Å²) in [5.74, 6) is 0.267. The zero-order valence-electron chi connectivity index (χ0n) is 16.1. The summed E-state index contributed by atoms with van der Waals surface area (Å²) in [4.78, 5) is 17.6. The number of hydrogen-bond acceptors (Lipinski definition) is 7. The number of aliphatic hydroxyl groups is 3. The van der Waals surface area contributed by atoms with Gasteiger partial charge < -0.3 is 24.5 Å². The van der Waals surface area contributed by atoms with E-state index in [1.807, 2.05) is 25.1 Å². The second-order valence-electron chi connectivity index (χ2n) is 7.41. The van der Waals surface area contributed by atoms with Crippen LogP contribution in [-0.2, 0) is 4.74 Å². The van der Waals surface area contributed by atoms with Gasteiger partial charge in [0, 0.05) is 5.39 Å². The molecule has 2 aromatic heterocycles. The van der Waals surface area contributed by atoms with Gasteiger partial charge in [0.05, 0.1) is 17.6 Å². The van der Waals surface area contributed by atoms with Crippen LogP contribution in [0.2, 0.25) is 0 Å². The first-order valence-electron chi connectivity index (χ1n) is 9.63. The molecule has 2 aromatic carbocycles. The fraction of sp³-hybridized carbons (Fsp3) is 0.273. The van der Waals surface area contributed by atoms with E-state index < -0.39 is 36.8 Å². The highest BCUT2D eigenvalue weighted by Crippen LogP contribution is 2.37. The lowest BCUT2D eigenvalue weighted by molar-refractivity contribution is -0.0501. The highest BCUT2D eigenvalue weighted by Gasteiger charge is 2.45.